The first-order valence-corrected chi connectivity index (χ1v) is 11.2. The van der Waals surface area contributed by atoms with Crippen molar-refractivity contribution < 1.29 is 38.6 Å². The number of carboxylic acid groups (broad SMARTS) is 1. The van der Waals surface area contributed by atoms with Crippen molar-refractivity contribution in [2.75, 3.05) is 24.5 Å². The third-order valence-corrected chi connectivity index (χ3v) is 5.43. The van der Waals surface area contributed by atoms with Crippen LogP contribution in [-0.4, -0.2) is 77.0 Å². The number of hydrogen-bond acceptors (Lipinski definition) is 8. The number of anilines is 1. The zero-order valence-electron chi connectivity index (χ0n) is 19.8. The molecule has 0 spiro atoms. The van der Waals surface area contributed by atoms with Gasteiger partial charge in [-0.15, -0.1) is 0 Å². The van der Waals surface area contributed by atoms with Crippen molar-refractivity contribution in [1.29, 1.82) is 0 Å². The van der Waals surface area contributed by atoms with Gasteiger partial charge in [0.15, 0.2) is 0 Å². The largest absolute Gasteiger partial charge is 0.481 e. The van der Waals surface area contributed by atoms with Gasteiger partial charge in [-0.05, 0) is 45.4 Å². The molecule has 35 heavy (non-hydrogen) atoms. The fraction of sp³-hybridized carbons (Fsp3) is 0.478. The minimum atomic E-state index is -1.08. The highest BCUT2D eigenvalue weighted by atomic mass is 16.6. The van der Waals surface area contributed by atoms with Crippen molar-refractivity contribution in [3.63, 3.8) is 0 Å². The Morgan fingerprint density at radius 1 is 1.14 bits per heavy atom. The van der Waals surface area contributed by atoms with Crippen LogP contribution in [0.1, 0.15) is 60.7 Å². The number of nitrogens with one attached hydrogen (secondary N) is 2. The molecule has 12 heteroatoms. The van der Waals surface area contributed by atoms with E-state index in [4.69, 9.17) is 9.84 Å². The summed E-state index contributed by atoms with van der Waals surface area (Å²) in [6, 6.07) is 3.42. The fourth-order valence-electron chi connectivity index (χ4n) is 3.86. The Bertz CT molecular complexity index is 1080. The summed E-state index contributed by atoms with van der Waals surface area (Å²) >= 11 is 0. The van der Waals surface area contributed by atoms with Gasteiger partial charge in [-0.1, -0.05) is 0 Å². The zero-order chi connectivity index (χ0) is 25.9. The normalized spacial score (nSPS) is 17.7. The summed E-state index contributed by atoms with van der Waals surface area (Å²) in [6.07, 6.45) is -0.753. The number of rotatable bonds is 8. The van der Waals surface area contributed by atoms with Crippen LogP contribution < -0.4 is 15.5 Å². The number of imide groups is 2. The molecule has 3 N–H and O–H groups in total. The molecule has 2 aliphatic heterocycles. The highest BCUT2D eigenvalue weighted by molar-refractivity contribution is 6.23. The summed E-state index contributed by atoms with van der Waals surface area (Å²) in [5, 5.41) is 13.9. The minimum absolute atomic E-state index is 0.0165. The molecule has 1 saturated heterocycles. The lowest BCUT2D eigenvalue weighted by atomic mass is 10.0. The highest BCUT2D eigenvalue weighted by Gasteiger charge is 2.44. The SMILES string of the molecule is CC(C)(C)OC(=O)NCCN(CCC(=O)O)c1ccc2c(c1)C(=O)N(C1CCC(=O)NC1=O)C2=O. The van der Waals surface area contributed by atoms with E-state index in [2.05, 4.69) is 10.6 Å². The average molecular weight is 488 g/mol. The van der Waals surface area contributed by atoms with Crippen LogP contribution in [0.15, 0.2) is 18.2 Å². The standard InChI is InChI=1S/C23H28N4O8/c1-23(2,3)35-22(34)24-9-11-26(10-8-18(29)30)13-4-5-14-15(12-13)21(33)27(20(14)32)16-6-7-17(28)25-19(16)31/h4-5,12,16H,6-11H2,1-3H3,(H,24,34)(H,29,30)(H,25,28,31). The average Bonchev–Trinajstić information content (AvgIpc) is 2.99. The van der Waals surface area contributed by atoms with Gasteiger partial charge in [0.1, 0.15) is 11.6 Å². The van der Waals surface area contributed by atoms with Gasteiger partial charge < -0.3 is 20.1 Å². The van der Waals surface area contributed by atoms with Crippen molar-refractivity contribution in [2.45, 2.75) is 51.7 Å². The summed E-state index contributed by atoms with van der Waals surface area (Å²) in [4.78, 5) is 75.2. The smallest absolute Gasteiger partial charge is 0.407 e. The minimum Gasteiger partial charge on any atom is -0.481 e. The second-order valence-electron chi connectivity index (χ2n) is 9.24. The number of carbonyl (C=O) groups is 6. The van der Waals surface area contributed by atoms with Crippen LogP contribution in [0.5, 0.6) is 0 Å². The zero-order valence-corrected chi connectivity index (χ0v) is 19.8. The Hall–Kier alpha value is -3.96. The van der Waals surface area contributed by atoms with Crippen molar-refractivity contribution in [3.8, 4) is 0 Å². The molecule has 0 aromatic heterocycles. The lowest BCUT2D eigenvalue weighted by Gasteiger charge is -2.27. The maximum Gasteiger partial charge on any atom is 0.407 e. The predicted octanol–water partition coefficient (Wildman–Crippen LogP) is 0.894. The van der Waals surface area contributed by atoms with Crippen LogP contribution in [0, 0.1) is 0 Å². The number of piperidine rings is 1. The van der Waals surface area contributed by atoms with Crippen LogP contribution in [0.2, 0.25) is 0 Å². The highest BCUT2D eigenvalue weighted by Crippen LogP contribution is 2.30. The lowest BCUT2D eigenvalue weighted by Crippen LogP contribution is -2.54. The summed E-state index contributed by atoms with van der Waals surface area (Å²) in [7, 11) is 0. The molecule has 1 aromatic carbocycles. The first-order chi connectivity index (χ1) is 16.4. The fourth-order valence-corrected chi connectivity index (χ4v) is 3.86. The topological polar surface area (TPSA) is 162 Å². The van der Waals surface area contributed by atoms with E-state index in [-0.39, 0.29) is 50.0 Å². The summed E-state index contributed by atoms with van der Waals surface area (Å²) in [5.41, 5.74) is 0.00219. The number of carbonyl (C=O) groups excluding carboxylic acids is 5. The molecular weight excluding hydrogens is 460 g/mol. The molecule has 0 saturated carbocycles. The second kappa shape index (κ2) is 10.1. The molecule has 3 rings (SSSR count). The van der Waals surface area contributed by atoms with Gasteiger partial charge in [-0.25, -0.2) is 4.79 Å². The van der Waals surface area contributed by atoms with E-state index in [0.717, 1.165) is 4.90 Å². The third-order valence-electron chi connectivity index (χ3n) is 5.43. The van der Waals surface area contributed by atoms with E-state index in [0.29, 0.717) is 5.69 Å². The Morgan fingerprint density at radius 2 is 1.83 bits per heavy atom. The van der Waals surface area contributed by atoms with Gasteiger partial charge in [0.25, 0.3) is 11.8 Å². The number of benzene rings is 1. The summed E-state index contributed by atoms with van der Waals surface area (Å²) in [5.74, 6) is -3.47. The Kier molecular flexibility index (Phi) is 7.42. The molecule has 0 aliphatic carbocycles. The Morgan fingerprint density at radius 3 is 2.46 bits per heavy atom. The molecule has 1 unspecified atom stereocenters. The van der Waals surface area contributed by atoms with E-state index in [9.17, 15) is 28.8 Å². The number of carboxylic acids is 1. The number of aliphatic carboxylic acids is 1. The van der Waals surface area contributed by atoms with E-state index < -0.39 is 47.3 Å². The van der Waals surface area contributed by atoms with Crippen molar-refractivity contribution >= 4 is 41.4 Å². The van der Waals surface area contributed by atoms with Crippen LogP contribution >= 0.6 is 0 Å². The maximum absolute atomic E-state index is 13.1. The van der Waals surface area contributed by atoms with Crippen molar-refractivity contribution in [2.24, 2.45) is 0 Å². The molecule has 0 radical (unpaired) electrons. The van der Waals surface area contributed by atoms with Crippen LogP contribution in [0.4, 0.5) is 10.5 Å². The number of amides is 5. The molecule has 1 fully saturated rings. The molecule has 2 aliphatic rings. The van der Waals surface area contributed by atoms with Crippen LogP contribution in [-0.2, 0) is 19.1 Å². The maximum atomic E-state index is 13.1. The number of fused-ring (bicyclic) bond motifs is 1. The Balaban J connectivity index is 1.77. The van der Waals surface area contributed by atoms with Crippen LogP contribution in [0.25, 0.3) is 0 Å². The first-order valence-electron chi connectivity index (χ1n) is 11.2. The number of alkyl carbamates (subject to hydrolysis) is 1. The monoisotopic (exact) mass is 488 g/mol. The van der Waals surface area contributed by atoms with Crippen molar-refractivity contribution in [1.82, 2.24) is 15.5 Å². The van der Waals surface area contributed by atoms with E-state index >= 15 is 0 Å². The number of nitrogens with zero attached hydrogens (tertiary/aromatic N) is 2. The number of ether oxygens (including phenoxy) is 1. The van der Waals surface area contributed by atoms with E-state index in [1.807, 2.05) is 0 Å². The van der Waals surface area contributed by atoms with Crippen molar-refractivity contribution in [3.05, 3.63) is 29.3 Å². The van der Waals surface area contributed by atoms with E-state index in [1.54, 1.807) is 31.7 Å². The van der Waals surface area contributed by atoms with Crippen LogP contribution in [0.3, 0.4) is 0 Å². The molecule has 0 bridgehead atoms. The molecule has 5 amide bonds. The predicted molar refractivity (Wildman–Crippen MR) is 122 cm³/mol. The Labute approximate surface area is 201 Å². The molecular formula is C23H28N4O8. The summed E-state index contributed by atoms with van der Waals surface area (Å²) < 4.78 is 5.19. The molecule has 1 aromatic rings. The third kappa shape index (κ3) is 6.14. The number of hydrogen-bond donors (Lipinski definition) is 3. The quantitative estimate of drug-likeness (QED) is 0.451. The van der Waals surface area contributed by atoms with Gasteiger partial charge in [0, 0.05) is 31.7 Å². The van der Waals surface area contributed by atoms with Gasteiger partial charge in [-0.2, -0.15) is 0 Å². The molecule has 2 heterocycles. The van der Waals surface area contributed by atoms with Gasteiger partial charge in [-0.3, -0.25) is 34.2 Å². The van der Waals surface area contributed by atoms with Gasteiger partial charge in [0.2, 0.25) is 11.8 Å². The lowest BCUT2D eigenvalue weighted by molar-refractivity contribution is -0.137. The van der Waals surface area contributed by atoms with E-state index in [1.165, 1.54) is 12.1 Å². The summed E-state index contributed by atoms with van der Waals surface area (Å²) in [6.45, 7) is 5.63. The molecule has 1 atom stereocenters. The second-order valence-corrected chi connectivity index (χ2v) is 9.24. The van der Waals surface area contributed by atoms with Gasteiger partial charge >= 0.3 is 12.1 Å². The molecule has 188 valence electrons. The van der Waals surface area contributed by atoms with Gasteiger partial charge in [0.05, 0.1) is 17.5 Å². The first kappa shape index (κ1) is 25.7. The molecule has 12 nitrogen and oxygen atoms in total.